The van der Waals surface area contributed by atoms with Gasteiger partial charge in [-0.2, -0.15) is 9.97 Å². The molecule has 1 N–H and O–H groups in total. The second-order valence-corrected chi connectivity index (χ2v) is 5.11. The Labute approximate surface area is 126 Å². The van der Waals surface area contributed by atoms with E-state index in [9.17, 15) is 0 Å². The van der Waals surface area contributed by atoms with Crippen molar-refractivity contribution in [1.29, 1.82) is 0 Å². The highest BCUT2D eigenvalue weighted by atomic mass is 16.5. The van der Waals surface area contributed by atoms with Crippen LogP contribution in [0.4, 0.5) is 5.95 Å². The Morgan fingerprint density at radius 1 is 1.10 bits per heavy atom. The Morgan fingerprint density at radius 2 is 1.86 bits per heavy atom. The molecule has 0 radical (unpaired) electrons. The largest absolute Gasteiger partial charge is 0.467 e. The second-order valence-electron chi connectivity index (χ2n) is 5.11. The molecule has 2 rings (SSSR count). The third-order valence-corrected chi connectivity index (χ3v) is 3.40. The molecular formula is C14H25N5O2. The molecule has 21 heavy (non-hydrogen) atoms. The zero-order valence-electron chi connectivity index (χ0n) is 13.0. The minimum atomic E-state index is 0.275. The van der Waals surface area contributed by atoms with Crippen molar-refractivity contribution in [1.82, 2.24) is 19.9 Å². The molecule has 1 saturated heterocycles. The number of anilines is 1. The van der Waals surface area contributed by atoms with Crippen LogP contribution in [-0.2, 0) is 0 Å². The predicted octanol–water partition coefficient (Wildman–Crippen LogP) is 1.57. The lowest BCUT2D eigenvalue weighted by Crippen LogP contribution is -2.33. The molecule has 0 spiro atoms. The van der Waals surface area contributed by atoms with Crippen molar-refractivity contribution in [2.45, 2.75) is 32.6 Å². The molecule has 1 aromatic heterocycles. The van der Waals surface area contributed by atoms with E-state index < -0.39 is 0 Å². The normalized spacial score (nSPS) is 15.7. The molecule has 0 amide bonds. The number of hydrogen-bond acceptors (Lipinski definition) is 7. The van der Waals surface area contributed by atoms with Crippen molar-refractivity contribution in [3.63, 3.8) is 0 Å². The van der Waals surface area contributed by atoms with Crippen LogP contribution in [0, 0.1) is 0 Å². The van der Waals surface area contributed by atoms with Crippen LogP contribution in [-0.4, -0.2) is 59.7 Å². The summed E-state index contributed by atoms with van der Waals surface area (Å²) in [5.74, 6) is 0.497. The van der Waals surface area contributed by atoms with Gasteiger partial charge in [0, 0.05) is 13.1 Å². The van der Waals surface area contributed by atoms with Crippen LogP contribution >= 0.6 is 0 Å². The molecule has 1 aliphatic heterocycles. The lowest BCUT2D eigenvalue weighted by molar-refractivity contribution is 0.176. The highest BCUT2D eigenvalue weighted by molar-refractivity contribution is 5.27. The Morgan fingerprint density at radius 3 is 2.57 bits per heavy atom. The van der Waals surface area contributed by atoms with Crippen LogP contribution in [0.5, 0.6) is 12.0 Å². The van der Waals surface area contributed by atoms with E-state index in [-0.39, 0.29) is 6.01 Å². The van der Waals surface area contributed by atoms with E-state index >= 15 is 0 Å². The minimum absolute atomic E-state index is 0.275. The number of methoxy groups -OCH3 is 1. The van der Waals surface area contributed by atoms with Crippen molar-refractivity contribution in [2.75, 3.05) is 45.2 Å². The van der Waals surface area contributed by atoms with Gasteiger partial charge in [0.05, 0.1) is 7.11 Å². The Balaban J connectivity index is 1.85. The second kappa shape index (κ2) is 8.61. The molecule has 0 saturated carbocycles. The summed E-state index contributed by atoms with van der Waals surface area (Å²) in [5, 5.41) is 3.12. The zero-order valence-corrected chi connectivity index (χ0v) is 13.0. The molecule has 7 nitrogen and oxygen atoms in total. The summed E-state index contributed by atoms with van der Waals surface area (Å²) in [7, 11) is 1.54. The number of hydrogen-bond donors (Lipinski definition) is 1. The van der Waals surface area contributed by atoms with Gasteiger partial charge in [-0.25, -0.2) is 0 Å². The number of likely N-dealkylation sites (tertiary alicyclic amines) is 1. The highest BCUT2D eigenvalue weighted by Crippen LogP contribution is 2.13. The number of nitrogens with one attached hydrogen (secondary N) is 1. The van der Waals surface area contributed by atoms with E-state index in [0.29, 0.717) is 18.6 Å². The maximum atomic E-state index is 5.65. The molecule has 1 fully saturated rings. The fraction of sp³-hybridized carbons (Fsp3) is 0.786. The van der Waals surface area contributed by atoms with E-state index in [1.165, 1.54) is 26.4 Å². The quantitative estimate of drug-likeness (QED) is 0.780. The van der Waals surface area contributed by atoms with Gasteiger partial charge in [0.15, 0.2) is 0 Å². The fourth-order valence-corrected chi connectivity index (χ4v) is 2.26. The van der Waals surface area contributed by atoms with Crippen molar-refractivity contribution < 1.29 is 9.47 Å². The summed E-state index contributed by atoms with van der Waals surface area (Å²) in [6.07, 6.45) is 4.91. The Kier molecular flexibility index (Phi) is 6.46. The van der Waals surface area contributed by atoms with Crippen LogP contribution in [0.25, 0.3) is 0 Å². The summed E-state index contributed by atoms with van der Waals surface area (Å²) >= 11 is 0. The zero-order chi connectivity index (χ0) is 14.9. The number of nitrogens with zero attached hydrogens (tertiary/aromatic N) is 4. The Bertz CT molecular complexity index is 424. The first-order valence-corrected chi connectivity index (χ1v) is 7.71. The average Bonchev–Trinajstić information content (AvgIpc) is 2.53. The standard InChI is InChI=1S/C14H25N5O2/c1-3-7-15-12-16-13(20-2)18-14(17-12)21-11-10-19-8-5-4-6-9-19/h3-11H2,1-2H3,(H,15,16,17,18). The summed E-state index contributed by atoms with van der Waals surface area (Å²) in [4.78, 5) is 14.9. The number of ether oxygens (including phenoxy) is 2. The first kappa shape index (κ1) is 15.8. The number of rotatable bonds is 8. The Hall–Kier alpha value is -1.63. The highest BCUT2D eigenvalue weighted by Gasteiger charge is 2.11. The summed E-state index contributed by atoms with van der Waals surface area (Å²) in [5.41, 5.74) is 0. The monoisotopic (exact) mass is 295 g/mol. The molecule has 0 unspecified atom stereocenters. The van der Waals surface area contributed by atoms with E-state index in [1.807, 2.05) is 0 Å². The van der Waals surface area contributed by atoms with Gasteiger partial charge in [-0.3, -0.25) is 4.90 Å². The fourth-order valence-electron chi connectivity index (χ4n) is 2.26. The van der Waals surface area contributed by atoms with Gasteiger partial charge >= 0.3 is 12.0 Å². The molecule has 0 aromatic carbocycles. The van der Waals surface area contributed by atoms with E-state index in [4.69, 9.17) is 9.47 Å². The number of piperidine rings is 1. The SMILES string of the molecule is CCCNc1nc(OC)nc(OCCN2CCCCC2)n1. The maximum absolute atomic E-state index is 5.65. The van der Waals surface area contributed by atoms with E-state index in [2.05, 4.69) is 32.1 Å². The minimum Gasteiger partial charge on any atom is -0.467 e. The molecule has 0 atom stereocenters. The van der Waals surface area contributed by atoms with Gasteiger partial charge in [0.25, 0.3) is 0 Å². The first-order chi connectivity index (χ1) is 10.3. The van der Waals surface area contributed by atoms with E-state index in [1.54, 1.807) is 0 Å². The van der Waals surface area contributed by atoms with Crippen molar-refractivity contribution in [3.8, 4) is 12.0 Å². The van der Waals surface area contributed by atoms with Gasteiger partial charge in [-0.05, 0) is 32.4 Å². The van der Waals surface area contributed by atoms with Gasteiger partial charge in [0.2, 0.25) is 5.95 Å². The van der Waals surface area contributed by atoms with Crippen LogP contribution < -0.4 is 14.8 Å². The topological polar surface area (TPSA) is 72.4 Å². The first-order valence-electron chi connectivity index (χ1n) is 7.71. The molecule has 1 aliphatic rings. The van der Waals surface area contributed by atoms with Crippen LogP contribution in [0.1, 0.15) is 32.6 Å². The molecule has 2 heterocycles. The third kappa shape index (κ3) is 5.34. The smallest absolute Gasteiger partial charge is 0.324 e. The van der Waals surface area contributed by atoms with Crippen molar-refractivity contribution >= 4 is 5.95 Å². The molecule has 0 bridgehead atoms. The van der Waals surface area contributed by atoms with Crippen molar-refractivity contribution in [2.24, 2.45) is 0 Å². The lowest BCUT2D eigenvalue weighted by atomic mass is 10.1. The molecule has 118 valence electrons. The van der Waals surface area contributed by atoms with Crippen LogP contribution in [0.2, 0.25) is 0 Å². The number of aromatic nitrogens is 3. The summed E-state index contributed by atoms with van der Waals surface area (Å²) < 4.78 is 10.7. The van der Waals surface area contributed by atoms with Gasteiger partial charge in [-0.15, -0.1) is 4.98 Å². The summed E-state index contributed by atoms with van der Waals surface area (Å²) in [6, 6.07) is 0.592. The summed E-state index contributed by atoms with van der Waals surface area (Å²) in [6.45, 7) is 6.70. The molecule has 0 aliphatic carbocycles. The van der Waals surface area contributed by atoms with Crippen molar-refractivity contribution in [3.05, 3.63) is 0 Å². The lowest BCUT2D eigenvalue weighted by Gasteiger charge is -2.25. The van der Waals surface area contributed by atoms with Crippen LogP contribution in [0.3, 0.4) is 0 Å². The average molecular weight is 295 g/mol. The predicted molar refractivity (Wildman–Crippen MR) is 80.9 cm³/mol. The van der Waals surface area contributed by atoms with Crippen LogP contribution in [0.15, 0.2) is 0 Å². The van der Waals surface area contributed by atoms with Gasteiger partial charge < -0.3 is 14.8 Å². The van der Waals surface area contributed by atoms with Gasteiger partial charge in [-0.1, -0.05) is 13.3 Å². The van der Waals surface area contributed by atoms with E-state index in [0.717, 1.165) is 32.6 Å². The molecular weight excluding hydrogens is 270 g/mol. The molecule has 1 aromatic rings. The van der Waals surface area contributed by atoms with Gasteiger partial charge in [0.1, 0.15) is 6.61 Å². The third-order valence-electron chi connectivity index (χ3n) is 3.40. The molecule has 7 heteroatoms. The maximum Gasteiger partial charge on any atom is 0.324 e.